The van der Waals surface area contributed by atoms with Gasteiger partial charge in [0.15, 0.2) is 0 Å². The zero-order valence-corrected chi connectivity index (χ0v) is 20.0. The fraction of sp³-hybridized carbons (Fsp3) is 0.333. The Hall–Kier alpha value is -3.09. The van der Waals surface area contributed by atoms with Crippen molar-refractivity contribution >= 4 is 23.2 Å². The molecule has 3 heterocycles. The van der Waals surface area contributed by atoms with Gasteiger partial charge in [-0.2, -0.15) is 0 Å². The molecule has 1 amide bonds. The second kappa shape index (κ2) is 10.0. The molecule has 5 rings (SSSR count). The Labute approximate surface area is 205 Å². The van der Waals surface area contributed by atoms with Crippen molar-refractivity contribution < 1.29 is 9.53 Å². The molecule has 0 saturated carbocycles. The third kappa shape index (κ3) is 4.88. The van der Waals surface area contributed by atoms with Crippen molar-refractivity contribution in [1.82, 2.24) is 15.2 Å². The first-order valence-corrected chi connectivity index (χ1v) is 12.1. The summed E-state index contributed by atoms with van der Waals surface area (Å²) in [5.41, 5.74) is 4.62. The third-order valence-electron chi connectivity index (χ3n) is 6.85. The molecule has 6 nitrogen and oxygen atoms in total. The average Bonchev–Trinajstić information content (AvgIpc) is 2.88. The van der Waals surface area contributed by atoms with E-state index in [1.165, 1.54) is 16.8 Å². The van der Waals surface area contributed by atoms with E-state index in [4.69, 9.17) is 16.3 Å². The third-order valence-corrected chi connectivity index (χ3v) is 7.11. The standard InChI is InChI=1S/C27H29ClN4O2/c1-34-23-9-6-21-13-24(27(33)30-16-20-3-2-10-29-15-20)26-18-31(11-12-32(26)25(21)14-23)17-19-4-7-22(28)8-5-19/h2-10,14-15,24,26H,11-13,16-18H2,1H3,(H,30,33)/t24-,26+/m1/s1. The molecule has 0 radical (unpaired) electrons. The number of carbonyl (C=O) groups is 1. The zero-order valence-electron chi connectivity index (χ0n) is 19.3. The Bertz CT molecular complexity index is 1140. The predicted molar refractivity (Wildman–Crippen MR) is 134 cm³/mol. The minimum atomic E-state index is -0.134. The number of piperazine rings is 1. The number of fused-ring (bicyclic) bond motifs is 3. The van der Waals surface area contributed by atoms with Gasteiger partial charge in [0.05, 0.1) is 19.1 Å². The zero-order chi connectivity index (χ0) is 23.5. The highest BCUT2D eigenvalue weighted by Gasteiger charge is 2.41. The number of aromatic nitrogens is 1. The van der Waals surface area contributed by atoms with Crippen LogP contribution in [-0.2, 0) is 24.3 Å². The van der Waals surface area contributed by atoms with Gasteiger partial charge in [-0.05, 0) is 47.4 Å². The summed E-state index contributed by atoms with van der Waals surface area (Å²) in [5, 5.41) is 3.91. The number of carbonyl (C=O) groups excluding carboxylic acids is 1. The predicted octanol–water partition coefficient (Wildman–Crippen LogP) is 3.92. The van der Waals surface area contributed by atoms with Crippen LogP contribution in [0, 0.1) is 5.92 Å². The molecular formula is C27H29ClN4O2. The number of methoxy groups -OCH3 is 1. The SMILES string of the molecule is COc1ccc2c(c1)N1CCN(Cc3ccc(Cl)cc3)C[C@H]1[C@H](C(=O)NCc1cccnc1)C2. The van der Waals surface area contributed by atoms with Gasteiger partial charge in [-0.1, -0.05) is 35.9 Å². The number of anilines is 1. The van der Waals surface area contributed by atoms with Crippen LogP contribution in [0.4, 0.5) is 5.69 Å². The van der Waals surface area contributed by atoms with Gasteiger partial charge < -0.3 is 15.0 Å². The first kappa shape index (κ1) is 22.7. The number of hydrogen-bond donors (Lipinski definition) is 1. The topological polar surface area (TPSA) is 57.7 Å². The molecule has 2 aliphatic rings. The number of amides is 1. The van der Waals surface area contributed by atoms with Crippen LogP contribution < -0.4 is 15.0 Å². The van der Waals surface area contributed by atoms with E-state index < -0.39 is 0 Å². The lowest BCUT2D eigenvalue weighted by Gasteiger charge is -2.49. The van der Waals surface area contributed by atoms with E-state index in [2.05, 4.69) is 44.4 Å². The van der Waals surface area contributed by atoms with Crippen LogP contribution in [0.25, 0.3) is 0 Å². The maximum absolute atomic E-state index is 13.4. The van der Waals surface area contributed by atoms with Gasteiger partial charge in [-0.25, -0.2) is 0 Å². The van der Waals surface area contributed by atoms with Crippen molar-refractivity contribution in [2.24, 2.45) is 5.92 Å². The van der Waals surface area contributed by atoms with Crippen molar-refractivity contribution in [2.75, 3.05) is 31.6 Å². The number of pyridine rings is 1. The Morgan fingerprint density at radius 1 is 1.15 bits per heavy atom. The summed E-state index contributed by atoms with van der Waals surface area (Å²) in [5.74, 6) is 0.805. The van der Waals surface area contributed by atoms with E-state index in [0.717, 1.165) is 42.5 Å². The summed E-state index contributed by atoms with van der Waals surface area (Å²) in [6.45, 7) is 3.95. The van der Waals surface area contributed by atoms with Gasteiger partial charge >= 0.3 is 0 Å². The minimum absolute atomic E-state index is 0.0914. The molecule has 7 heteroatoms. The van der Waals surface area contributed by atoms with E-state index in [1.54, 1.807) is 19.5 Å². The summed E-state index contributed by atoms with van der Waals surface area (Å²) >= 11 is 6.07. The molecule has 0 aliphatic carbocycles. The lowest BCUT2D eigenvalue weighted by molar-refractivity contribution is -0.126. The van der Waals surface area contributed by atoms with Gasteiger partial charge in [-0.15, -0.1) is 0 Å². The van der Waals surface area contributed by atoms with E-state index in [1.807, 2.05) is 30.3 Å². The van der Waals surface area contributed by atoms with Crippen LogP contribution in [0.2, 0.25) is 5.02 Å². The van der Waals surface area contributed by atoms with Gasteiger partial charge in [0.1, 0.15) is 5.75 Å². The maximum atomic E-state index is 13.4. The van der Waals surface area contributed by atoms with Gasteiger partial charge in [0, 0.05) is 61.9 Å². The molecular weight excluding hydrogens is 448 g/mol. The highest BCUT2D eigenvalue weighted by molar-refractivity contribution is 6.30. The number of rotatable bonds is 6. The largest absolute Gasteiger partial charge is 0.497 e. The molecule has 2 aromatic carbocycles. The minimum Gasteiger partial charge on any atom is -0.497 e. The summed E-state index contributed by atoms with van der Waals surface area (Å²) in [4.78, 5) is 22.5. The van der Waals surface area contributed by atoms with E-state index in [9.17, 15) is 4.79 Å². The summed E-state index contributed by atoms with van der Waals surface area (Å²) in [6.07, 6.45) is 4.25. The Morgan fingerprint density at radius 3 is 2.76 bits per heavy atom. The van der Waals surface area contributed by atoms with Gasteiger partial charge in [-0.3, -0.25) is 14.7 Å². The number of benzene rings is 2. The lowest BCUT2D eigenvalue weighted by Crippen LogP contribution is -2.60. The monoisotopic (exact) mass is 476 g/mol. The summed E-state index contributed by atoms with van der Waals surface area (Å²) < 4.78 is 5.50. The van der Waals surface area contributed by atoms with Crippen LogP contribution in [0.5, 0.6) is 5.75 Å². The van der Waals surface area contributed by atoms with Crippen molar-refractivity contribution in [3.05, 3.63) is 88.7 Å². The molecule has 1 N–H and O–H groups in total. The van der Waals surface area contributed by atoms with E-state index in [0.29, 0.717) is 13.0 Å². The molecule has 3 aromatic rings. The fourth-order valence-corrected chi connectivity index (χ4v) is 5.20. The number of ether oxygens (including phenoxy) is 1. The number of hydrogen-bond acceptors (Lipinski definition) is 5. The molecule has 1 aromatic heterocycles. The van der Waals surface area contributed by atoms with Crippen LogP contribution in [0.3, 0.4) is 0 Å². The van der Waals surface area contributed by atoms with Crippen LogP contribution in [0.1, 0.15) is 16.7 Å². The second-order valence-electron chi connectivity index (χ2n) is 9.01. The van der Waals surface area contributed by atoms with Crippen molar-refractivity contribution in [1.29, 1.82) is 0 Å². The molecule has 0 spiro atoms. The molecule has 176 valence electrons. The molecule has 2 atom stereocenters. The molecule has 1 saturated heterocycles. The first-order chi connectivity index (χ1) is 16.6. The normalized spacial score (nSPS) is 19.8. The quantitative estimate of drug-likeness (QED) is 0.584. The Kier molecular flexibility index (Phi) is 6.70. The van der Waals surface area contributed by atoms with Gasteiger partial charge in [0.2, 0.25) is 5.91 Å². The van der Waals surface area contributed by atoms with Crippen LogP contribution in [0.15, 0.2) is 67.0 Å². The summed E-state index contributed by atoms with van der Waals surface area (Å²) in [7, 11) is 1.70. The van der Waals surface area contributed by atoms with Gasteiger partial charge in [0.25, 0.3) is 0 Å². The van der Waals surface area contributed by atoms with Crippen LogP contribution in [-0.4, -0.2) is 48.6 Å². The Morgan fingerprint density at radius 2 is 2.00 bits per heavy atom. The molecule has 2 aliphatic heterocycles. The number of nitrogens with zero attached hydrogens (tertiary/aromatic N) is 3. The summed E-state index contributed by atoms with van der Waals surface area (Å²) in [6, 6.07) is 18.2. The first-order valence-electron chi connectivity index (χ1n) is 11.7. The number of nitrogens with one attached hydrogen (secondary N) is 1. The van der Waals surface area contributed by atoms with Crippen molar-refractivity contribution in [3.8, 4) is 5.75 Å². The highest BCUT2D eigenvalue weighted by atomic mass is 35.5. The average molecular weight is 477 g/mol. The molecule has 0 unspecified atom stereocenters. The Balaban J connectivity index is 1.37. The second-order valence-corrected chi connectivity index (χ2v) is 9.44. The smallest absolute Gasteiger partial charge is 0.225 e. The lowest BCUT2D eigenvalue weighted by atomic mass is 9.83. The highest BCUT2D eigenvalue weighted by Crippen LogP contribution is 2.38. The van der Waals surface area contributed by atoms with Crippen LogP contribution >= 0.6 is 11.6 Å². The van der Waals surface area contributed by atoms with Crippen molar-refractivity contribution in [2.45, 2.75) is 25.6 Å². The maximum Gasteiger partial charge on any atom is 0.225 e. The van der Waals surface area contributed by atoms with Crippen molar-refractivity contribution in [3.63, 3.8) is 0 Å². The fourth-order valence-electron chi connectivity index (χ4n) is 5.08. The number of halogens is 1. The van der Waals surface area contributed by atoms with E-state index in [-0.39, 0.29) is 17.9 Å². The molecule has 1 fully saturated rings. The molecule has 34 heavy (non-hydrogen) atoms. The van der Waals surface area contributed by atoms with E-state index >= 15 is 0 Å². The molecule has 0 bridgehead atoms.